The van der Waals surface area contributed by atoms with Gasteiger partial charge in [0, 0.05) is 30.9 Å². The number of nitrogens with one attached hydrogen (secondary N) is 1. The summed E-state index contributed by atoms with van der Waals surface area (Å²) in [6.07, 6.45) is 4.28. The van der Waals surface area contributed by atoms with E-state index in [-0.39, 0.29) is 18.3 Å². The predicted octanol–water partition coefficient (Wildman–Crippen LogP) is 2.88. The number of amides is 1. The number of aromatic nitrogens is 3. The van der Waals surface area contributed by atoms with Crippen molar-refractivity contribution < 1.29 is 14.3 Å². The van der Waals surface area contributed by atoms with Crippen molar-refractivity contribution in [2.24, 2.45) is 14.1 Å². The molecule has 2 heterocycles. The molecule has 0 aliphatic carbocycles. The second-order valence-corrected chi connectivity index (χ2v) is 8.74. The van der Waals surface area contributed by atoms with Gasteiger partial charge in [-0.05, 0) is 49.6 Å². The molecule has 1 amide bonds. The van der Waals surface area contributed by atoms with Crippen molar-refractivity contribution in [3.05, 3.63) is 62.4 Å². The molecule has 10 heteroatoms. The molecule has 180 valence electrons. The van der Waals surface area contributed by atoms with E-state index in [1.165, 1.54) is 23.4 Å². The molecule has 0 aliphatic rings. The summed E-state index contributed by atoms with van der Waals surface area (Å²) < 4.78 is 7.36. The van der Waals surface area contributed by atoms with E-state index in [0.29, 0.717) is 33.6 Å². The molecule has 3 aromatic rings. The summed E-state index contributed by atoms with van der Waals surface area (Å²) in [7, 11) is 3.01. The fourth-order valence-corrected chi connectivity index (χ4v) is 4.50. The molecule has 0 atom stereocenters. The summed E-state index contributed by atoms with van der Waals surface area (Å²) in [6, 6.07) is 6.44. The number of rotatable bonds is 9. The quantitative estimate of drug-likeness (QED) is 0.367. The number of aryl methyl sites for hydroxylation is 2. The summed E-state index contributed by atoms with van der Waals surface area (Å²) in [5, 5.41) is 3.14. The van der Waals surface area contributed by atoms with Crippen LogP contribution in [0.5, 0.6) is 0 Å². The summed E-state index contributed by atoms with van der Waals surface area (Å²) in [5.41, 5.74) is 1.24. The van der Waals surface area contributed by atoms with E-state index >= 15 is 0 Å². The Morgan fingerprint density at radius 3 is 2.44 bits per heavy atom. The second-order valence-electron chi connectivity index (χ2n) is 7.76. The molecule has 0 saturated carbocycles. The van der Waals surface area contributed by atoms with E-state index in [1.54, 1.807) is 44.4 Å². The zero-order chi connectivity index (χ0) is 24.8. The Balaban J connectivity index is 1.86. The predicted molar refractivity (Wildman–Crippen MR) is 133 cm³/mol. The molecule has 0 radical (unpaired) electrons. The van der Waals surface area contributed by atoms with Crippen LogP contribution in [0.4, 0.5) is 5.69 Å². The zero-order valence-corrected chi connectivity index (χ0v) is 20.5. The van der Waals surface area contributed by atoms with Gasteiger partial charge in [0.15, 0.2) is 0 Å². The Morgan fingerprint density at radius 2 is 1.79 bits per heavy atom. The third kappa shape index (κ3) is 5.39. The standard InChI is InChI=1S/C24H28N4O5S/c1-5-7-8-16-13-25-21-19(22(30)28(4)24(32)27(21)3)20(16)34-14-18(29)26-17-11-9-15(10-12-17)23(31)33-6-2/h9-13H,5-8,14H2,1-4H3,(H,26,29). The average Bonchev–Trinajstić information content (AvgIpc) is 2.84. The molecule has 0 fully saturated rings. The van der Waals surface area contributed by atoms with E-state index in [2.05, 4.69) is 17.2 Å². The molecular weight excluding hydrogens is 456 g/mol. The Kier molecular flexibility index (Phi) is 8.27. The summed E-state index contributed by atoms with van der Waals surface area (Å²) >= 11 is 1.25. The first-order chi connectivity index (χ1) is 16.3. The van der Waals surface area contributed by atoms with Crippen LogP contribution in [0.3, 0.4) is 0 Å². The maximum atomic E-state index is 13.0. The number of thioether (sulfide) groups is 1. The van der Waals surface area contributed by atoms with Crippen LogP contribution in [0.15, 0.2) is 44.9 Å². The summed E-state index contributed by atoms with van der Waals surface area (Å²) in [5.74, 6) is -0.623. The topological polar surface area (TPSA) is 112 Å². The fourth-order valence-electron chi connectivity index (χ4n) is 3.49. The van der Waals surface area contributed by atoms with Crippen LogP contribution in [0, 0.1) is 0 Å². The largest absolute Gasteiger partial charge is 0.462 e. The van der Waals surface area contributed by atoms with Gasteiger partial charge in [0.05, 0.1) is 23.3 Å². The molecular formula is C24H28N4O5S. The third-order valence-corrected chi connectivity index (χ3v) is 6.48. The molecule has 2 aromatic heterocycles. The second kappa shape index (κ2) is 11.1. The van der Waals surface area contributed by atoms with E-state index in [9.17, 15) is 19.2 Å². The lowest BCUT2D eigenvalue weighted by Crippen LogP contribution is -2.37. The van der Waals surface area contributed by atoms with Crippen molar-refractivity contribution in [2.75, 3.05) is 17.7 Å². The highest BCUT2D eigenvalue weighted by molar-refractivity contribution is 8.00. The van der Waals surface area contributed by atoms with Gasteiger partial charge in [0.1, 0.15) is 5.65 Å². The van der Waals surface area contributed by atoms with Gasteiger partial charge >= 0.3 is 11.7 Å². The Bertz CT molecular complexity index is 1330. The van der Waals surface area contributed by atoms with Crippen LogP contribution in [-0.4, -0.2) is 38.4 Å². The monoisotopic (exact) mass is 484 g/mol. The van der Waals surface area contributed by atoms with Crippen LogP contribution in [0.2, 0.25) is 0 Å². The van der Waals surface area contributed by atoms with Gasteiger partial charge < -0.3 is 10.1 Å². The molecule has 9 nitrogen and oxygen atoms in total. The average molecular weight is 485 g/mol. The van der Waals surface area contributed by atoms with E-state index in [4.69, 9.17) is 4.74 Å². The Labute approximate surface area is 201 Å². The van der Waals surface area contributed by atoms with Gasteiger partial charge in [-0.2, -0.15) is 0 Å². The van der Waals surface area contributed by atoms with Gasteiger partial charge in [0.25, 0.3) is 5.56 Å². The van der Waals surface area contributed by atoms with Gasteiger partial charge in [-0.3, -0.25) is 18.7 Å². The van der Waals surface area contributed by atoms with Gasteiger partial charge in [0.2, 0.25) is 5.91 Å². The maximum Gasteiger partial charge on any atom is 0.338 e. The molecule has 1 N–H and O–H groups in total. The first kappa shape index (κ1) is 25.2. The van der Waals surface area contributed by atoms with Crippen LogP contribution in [-0.2, 0) is 30.0 Å². The number of fused-ring (bicyclic) bond motifs is 1. The molecule has 1 aromatic carbocycles. The van der Waals surface area contributed by atoms with Crippen LogP contribution in [0.25, 0.3) is 11.0 Å². The maximum absolute atomic E-state index is 13.0. The number of anilines is 1. The van der Waals surface area contributed by atoms with Crippen molar-refractivity contribution in [1.29, 1.82) is 0 Å². The highest BCUT2D eigenvalue weighted by Crippen LogP contribution is 2.29. The third-order valence-electron chi connectivity index (χ3n) is 5.32. The summed E-state index contributed by atoms with van der Waals surface area (Å²) in [4.78, 5) is 54.8. The first-order valence-electron chi connectivity index (χ1n) is 11.1. The van der Waals surface area contributed by atoms with Crippen molar-refractivity contribution in [1.82, 2.24) is 14.1 Å². The SMILES string of the molecule is CCCCc1cnc2c(c1SCC(=O)Nc1ccc(C(=O)OCC)cc1)c(=O)n(C)c(=O)n2C. The molecule has 0 spiro atoms. The first-order valence-corrected chi connectivity index (χ1v) is 12.0. The van der Waals surface area contributed by atoms with Crippen LogP contribution in [0.1, 0.15) is 42.6 Å². The van der Waals surface area contributed by atoms with Gasteiger partial charge in [-0.25, -0.2) is 14.6 Å². The van der Waals surface area contributed by atoms with E-state index in [1.807, 2.05) is 0 Å². The molecule has 0 bridgehead atoms. The van der Waals surface area contributed by atoms with Gasteiger partial charge in [-0.15, -0.1) is 11.8 Å². The smallest absolute Gasteiger partial charge is 0.338 e. The Morgan fingerprint density at radius 1 is 1.09 bits per heavy atom. The number of hydrogen-bond donors (Lipinski definition) is 1. The van der Waals surface area contributed by atoms with Crippen LogP contribution >= 0.6 is 11.8 Å². The number of pyridine rings is 1. The number of benzene rings is 1. The number of ether oxygens (including phenoxy) is 1. The minimum absolute atomic E-state index is 0.0594. The van der Waals surface area contributed by atoms with Crippen molar-refractivity contribution in [3.63, 3.8) is 0 Å². The lowest BCUT2D eigenvalue weighted by molar-refractivity contribution is -0.113. The number of esters is 1. The number of hydrogen-bond acceptors (Lipinski definition) is 7. The van der Waals surface area contributed by atoms with Gasteiger partial charge in [-0.1, -0.05) is 13.3 Å². The highest BCUT2D eigenvalue weighted by atomic mass is 32.2. The molecule has 0 saturated heterocycles. The number of carbonyl (C=O) groups is 2. The van der Waals surface area contributed by atoms with Crippen molar-refractivity contribution in [2.45, 2.75) is 38.0 Å². The van der Waals surface area contributed by atoms with E-state index < -0.39 is 17.2 Å². The molecule has 0 aliphatic heterocycles. The minimum atomic E-state index is -0.453. The van der Waals surface area contributed by atoms with Crippen LogP contribution < -0.4 is 16.6 Å². The lowest BCUT2D eigenvalue weighted by atomic mass is 10.1. The minimum Gasteiger partial charge on any atom is -0.462 e. The number of unbranched alkanes of at least 4 members (excludes halogenated alkanes) is 1. The number of carbonyl (C=O) groups excluding carboxylic acids is 2. The van der Waals surface area contributed by atoms with E-state index in [0.717, 1.165) is 23.0 Å². The van der Waals surface area contributed by atoms with Crippen molar-refractivity contribution >= 4 is 40.4 Å². The molecule has 0 unspecified atom stereocenters. The number of nitrogens with zero attached hydrogens (tertiary/aromatic N) is 3. The highest BCUT2D eigenvalue weighted by Gasteiger charge is 2.18. The summed E-state index contributed by atoms with van der Waals surface area (Å²) in [6.45, 7) is 4.10. The fraction of sp³-hybridized carbons (Fsp3) is 0.375. The lowest BCUT2D eigenvalue weighted by Gasteiger charge is -2.14. The zero-order valence-electron chi connectivity index (χ0n) is 19.7. The van der Waals surface area contributed by atoms with Crippen molar-refractivity contribution in [3.8, 4) is 0 Å². The molecule has 34 heavy (non-hydrogen) atoms. The molecule has 3 rings (SSSR count). The Hall–Kier alpha value is -3.40. The normalized spacial score (nSPS) is 10.9.